The molecule has 0 aliphatic carbocycles. The van der Waals surface area contributed by atoms with Crippen LogP contribution in [0.15, 0.2) is 97.3 Å². The van der Waals surface area contributed by atoms with E-state index >= 15 is 0 Å². The lowest BCUT2D eigenvalue weighted by Gasteiger charge is -2.27. The lowest BCUT2D eigenvalue weighted by atomic mass is 10.1. The minimum absolute atomic E-state index is 0.0292. The lowest BCUT2D eigenvalue weighted by molar-refractivity contribution is -0.0913. The molecule has 5 aromatic rings. The molecule has 1 aliphatic heterocycles. The van der Waals surface area contributed by atoms with E-state index in [9.17, 15) is 0 Å². The third-order valence-corrected chi connectivity index (χ3v) is 8.84. The molecular formula is C31H28Cl2N4O3S. The van der Waals surface area contributed by atoms with Crippen molar-refractivity contribution >= 4 is 46.1 Å². The normalized spacial score (nSPS) is 20.5. The van der Waals surface area contributed by atoms with E-state index in [1.54, 1.807) is 18.1 Å². The van der Waals surface area contributed by atoms with Crippen molar-refractivity contribution in [2.75, 3.05) is 6.61 Å². The summed E-state index contributed by atoms with van der Waals surface area (Å²) in [5, 5.41) is 0.0204. The number of hydrogen-bond donors (Lipinski definition) is 0. The molecule has 2 aromatic heterocycles. The van der Waals surface area contributed by atoms with Crippen LogP contribution in [0.1, 0.15) is 22.1 Å². The number of ether oxygens (including phenoxy) is 3. The van der Waals surface area contributed by atoms with Gasteiger partial charge >= 0.3 is 0 Å². The third kappa shape index (κ3) is 6.75. The minimum atomic E-state index is -0.348. The highest BCUT2D eigenvalue weighted by molar-refractivity contribution is 8.00. The molecule has 3 aromatic carbocycles. The van der Waals surface area contributed by atoms with Crippen molar-refractivity contribution in [3.63, 3.8) is 0 Å². The summed E-state index contributed by atoms with van der Waals surface area (Å²) >= 11 is 14.3. The van der Waals surface area contributed by atoms with Crippen molar-refractivity contribution < 1.29 is 14.2 Å². The van der Waals surface area contributed by atoms with Gasteiger partial charge in [-0.25, -0.2) is 9.97 Å². The predicted octanol–water partition coefficient (Wildman–Crippen LogP) is 7.13. The molecule has 3 heterocycles. The second kappa shape index (κ2) is 13.3. The van der Waals surface area contributed by atoms with Crippen LogP contribution < -0.4 is 0 Å². The van der Waals surface area contributed by atoms with E-state index in [1.165, 1.54) is 0 Å². The van der Waals surface area contributed by atoms with Crippen LogP contribution in [0.4, 0.5) is 0 Å². The summed E-state index contributed by atoms with van der Waals surface area (Å²) in [7, 11) is 0. The van der Waals surface area contributed by atoms with Gasteiger partial charge in [-0.15, -0.1) is 11.8 Å². The Labute approximate surface area is 252 Å². The lowest BCUT2D eigenvalue weighted by Crippen LogP contribution is -2.38. The van der Waals surface area contributed by atoms with Crippen LogP contribution >= 0.6 is 35.0 Å². The maximum absolute atomic E-state index is 6.67. The van der Waals surface area contributed by atoms with Crippen LogP contribution in [-0.4, -0.2) is 43.6 Å². The maximum Gasteiger partial charge on any atom is 0.225 e. The largest absolute Gasteiger partial charge is 0.376 e. The number of fused-ring (bicyclic) bond motifs is 1. The second-order valence-corrected chi connectivity index (χ2v) is 11.8. The van der Waals surface area contributed by atoms with E-state index < -0.39 is 0 Å². The predicted molar refractivity (Wildman–Crippen MR) is 162 cm³/mol. The van der Waals surface area contributed by atoms with Gasteiger partial charge < -0.3 is 14.2 Å². The highest BCUT2D eigenvalue weighted by Crippen LogP contribution is 2.47. The number of halogens is 2. The number of rotatable bonds is 11. The zero-order valence-corrected chi connectivity index (χ0v) is 24.4. The van der Waals surface area contributed by atoms with Gasteiger partial charge in [-0.1, -0.05) is 103 Å². The number of benzene rings is 3. The van der Waals surface area contributed by atoms with Crippen LogP contribution in [-0.2, 0) is 34.0 Å². The summed E-state index contributed by atoms with van der Waals surface area (Å²) in [5.74, 6) is 0. The Kier molecular flexibility index (Phi) is 9.16. The summed E-state index contributed by atoms with van der Waals surface area (Å²) in [6, 6.07) is 30.4. The molecule has 1 fully saturated rings. The Balaban J connectivity index is 1.31. The highest BCUT2D eigenvalue weighted by Gasteiger charge is 2.47. The zero-order chi connectivity index (χ0) is 28.0. The number of nitrogens with zero attached hydrogens (tertiary/aromatic N) is 4. The molecule has 1 aliphatic rings. The molecule has 7 nitrogen and oxygen atoms in total. The fourth-order valence-corrected chi connectivity index (χ4v) is 6.91. The number of hydrogen-bond acceptors (Lipinski definition) is 7. The summed E-state index contributed by atoms with van der Waals surface area (Å²) in [6.45, 7) is 1.86. The first-order valence-corrected chi connectivity index (χ1v) is 15.0. The van der Waals surface area contributed by atoms with Gasteiger partial charge in [0, 0.05) is 0 Å². The average molecular weight is 608 g/mol. The summed E-state index contributed by atoms with van der Waals surface area (Å²) in [4.78, 5) is 13.0. The molecule has 0 bridgehead atoms. The van der Waals surface area contributed by atoms with E-state index in [1.807, 2.05) is 59.2 Å². The monoisotopic (exact) mass is 606 g/mol. The number of thioether (sulfide) groups is 1. The molecule has 1 saturated heterocycles. The van der Waals surface area contributed by atoms with Crippen molar-refractivity contribution in [2.24, 2.45) is 0 Å². The second-order valence-electron chi connectivity index (χ2n) is 9.70. The van der Waals surface area contributed by atoms with Gasteiger partial charge in [0.15, 0.2) is 10.8 Å². The Morgan fingerprint density at radius 1 is 0.707 bits per heavy atom. The van der Waals surface area contributed by atoms with E-state index in [-0.39, 0.29) is 33.3 Å². The third-order valence-electron chi connectivity index (χ3n) is 6.88. The number of imidazole rings is 1. The topological polar surface area (TPSA) is 71.3 Å². The average Bonchev–Trinajstić information content (AvgIpc) is 3.57. The molecule has 10 heteroatoms. The van der Waals surface area contributed by atoms with Crippen LogP contribution in [0.25, 0.3) is 11.2 Å². The molecular weight excluding hydrogens is 579 g/mol. The Hall–Kier alpha value is -2.98. The summed E-state index contributed by atoms with van der Waals surface area (Å²) < 4.78 is 21.5. The molecule has 0 amide bonds. The highest BCUT2D eigenvalue weighted by atomic mass is 35.5. The van der Waals surface area contributed by atoms with Crippen molar-refractivity contribution in [3.8, 4) is 0 Å². The molecule has 0 saturated carbocycles. The van der Waals surface area contributed by atoms with Gasteiger partial charge in [0.2, 0.25) is 5.28 Å². The number of aromatic nitrogens is 4. The molecule has 0 unspecified atom stereocenters. The molecule has 210 valence electrons. The van der Waals surface area contributed by atoms with Crippen LogP contribution in [0, 0.1) is 0 Å². The van der Waals surface area contributed by atoms with Crippen LogP contribution in [0.5, 0.6) is 0 Å². The first-order chi connectivity index (χ1) is 20.2. The van der Waals surface area contributed by atoms with E-state index in [0.29, 0.717) is 37.6 Å². The van der Waals surface area contributed by atoms with Gasteiger partial charge in [-0.3, -0.25) is 4.57 Å². The first kappa shape index (κ1) is 28.2. The fraction of sp³-hybridized carbons (Fsp3) is 0.258. The van der Waals surface area contributed by atoms with Crippen LogP contribution in [0.2, 0.25) is 10.4 Å². The van der Waals surface area contributed by atoms with Crippen LogP contribution in [0.3, 0.4) is 0 Å². The Morgan fingerprint density at radius 2 is 1.27 bits per heavy atom. The zero-order valence-electron chi connectivity index (χ0n) is 22.1. The Bertz CT molecular complexity index is 1560. The quantitative estimate of drug-likeness (QED) is 0.117. The first-order valence-electron chi connectivity index (χ1n) is 13.3. The molecule has 0 radical (unpaired) electrons. The molecule has 0 N–H and O–H groups in total. The van der Waals surface area contributed by atoms with Gasteiger partial charge in [0.25, 0.3) is 0 Å². The standard InChI is InChI=1S/C31H28Cl2N4O3S/c32-28-25-29(36-31(33)35-28)37(20-34-25)30-27(40-18-23-14-8-3-9-15-23)26(39-17-22-12-6-2-7-13-22)24(41-30)19-38-16-21-10-4-1-5-11-21/h1-15,20,24,26-27,30H,16-19H2/t24-,26+,27-,30+/m0/s1. The van der Waals surface area contributed by atoms with E-state index in [0.717, 1.165) is 16.7 Å². The SMILES string of the molecule is Clc1nc(Cl)c2ncn([C@@H]3S[C@@H](COCc4ccccc4)[C@@H](OCc4ccccc4)[C@@H]3OCc3ccccc3)c2n1. The summed E-state index contributed by atoms with van der Waals surface area (Å²) in [6.07, 6.45) is 1.09. The minimum Gasteiger partial charge on any atom is -0.376 e. The van der Waals surface area contributed by atoms with Gasteiger partial charge in [-0.05, 0) is 28.3 Å². The van der Waals surface area contributed by atoms with E-state index in [4.69, 9.17) is 37.4 Å². The van der Waals surface area contributed by atoms with Crippen molar-refractivity contribution in [3.05, 3.63) is 124 Å². The smallest absolute Gasteiger partial charge is 0.225 e. The fourth-order valence-electron chi connectivity index (χ4n) is 4.89. The van der Waals surface area contributed by atoms with Gasteiger partial charge in [0.05, 0.1) is 38.0 Å². The van der Waals surface area contributed by atoms with Crippen molar-refractivity contribution in [2.45, 2.75) is 42.7 Å². The van der Waals surface area contributed by atoms with Gasteiger partial charge in [0.1, 0.15) is 23.1 Å². The maximum atomic E-state index is 6.67. The molecule has 4 atom stereocenters. The van der Waals surface area contributed by atoms with Crippen molar-refractivity contribution in [1.82, 2.24) is 19.5 Å². The van der Waals surface area contributed by atoms with Crippen molar-refractivity contribution in [1.29, 1.82) is 0 Å². The molecule has 6 rings (SSSR count). The summed E-state index contributed by atoms with van der Waals surface area (Å²) in [5.41, 5.74) is 4.32. The van der Waals surface area contributed by atoms with E-state index in [2.05, 4.69) is 51.4 Å². The van der Waals surface area contributed by atoms with Gasteiger partial charge in [-0.2, -0.15) is 4.98 Å². The molecule has 41 heavy (non-hydrogen) atoms. The Morgan fingerprint density at radius 3 is 1.88 bits per heavy atom. The molecule has 0 spiro atoms.